The van der Waals surface area contributed by atoms with Crippen LogP contribution in [0.4, 0.5) is 5.13 Å². The minimum Gasteiger partial charge on any atom is -0.324 e. The van der Waals surface area contributed by atoms with Crippen molar-refractivity contribution in [2.45, 2.75) is 11.4 Å². The topological polar surface area (TPSA) is 98.0 Å². The van der Waals surface area contributed by atoms with Crippen molar-refractivity contribution in [2.75, 3.05) is 4.72 Å². The van der Waals surface area contributed by atoms with Crippen molar-refractivity contribution in [1.29, 1.82) is 0 Å². The quantitative estimate of drug-likeness (QED) is 0.856. The molecule has 0 spiro atoms. The molecule has 0 amide bonds. The third-order valence-corrected chi connectivity index (χ3v) is 4.26. The van der Waals surface area contributed by atoms with Crippen molar-refractivity contribution >= 4 is 26.5 Å². The van der Waals surface area contributed by atoms with Crippen molar-refractivity contribution in [2.24, 2.45) is 5.73 Å². The standard InChI is InChI=1S/C9H10N4O2S2/c10-6-8-11-12-9(16-8)13-17(14,15)7-4-2-1-3-5-7/h1-5H,6,10H2,(H,12,13). The molecular weight excluding hydrogens is 260 g/mol. The van der Waals surface area contributed by atoms with Gasteiger partial charge < -0.3 is 5.73 Å². The maximum Gasteiger partial charge on any atom is 0.263 e. The molecule has 6 nitrogen and oxygen atoms in total. The third-order valence-electron chi connectivity index (χ3n) is 1.92. The summed E-state index contributed by atoms with van der Waals surface area (Å²) in [5.41, 5.74) is 5.37. The molecule has 0 bridgehead atoms. The number of rotatable bonds is 4. The van der Waals surface area contributed by atoms with Crippen LogP contribution in [0.15, 0.2) is 35.2 Å². The molecule has 90 valence electrons. The highest BCUT2D eigenvalue weighted by molar-refractivity contribution is 7.93. The smallest absolute Gasteiger partial charge is 0.263 e. The molecule has 0 aliphatic rings. The van der Waals surface area contributed by atoms with Crippen LogP contribution in [0.2, 0.25) is 0 Å². The van der Waals surface area contributed by atoms with Gasteiger partial charge in [0.1, 0.15) is 5.01 Å². The van der Waals surface area contributed by atoms with Gasteiger partial charge in [0.05, 0.1) is 4.90 Å². The SMILES string of the molecule is NCc1nnc(NS(=O)(=O)c2ccccc2)s1. The number of sulfonamides is 1. The highest BCUT2D eigenvalue weighted by atomic mass is 32.2. The number of nitrogens with zero attached hydrogens (tertiary/aromatic N) is 2. The van der Waals surface area contributed by atoms with Crippen LogP contribution in [0, 0.1) is 0 Å². The molecule has 0 aliphatic carbocycles. The van der Waals surface area contributed by atoms with Gasteiger partial charge in [-0.15, -0.1) is 10.2 Å². The second-order valence-corrected chi connectivity index (χ2v) is 5.87. The van der Waals surface area contributed by atoms with Crippen LogP contribution in [0.3, 0.4) is 0 Å². The number of benzene rings is 1. The lowest BCUT2D eigenvalue weighted by atomic mass is 10.4. The van der Waals surface area contributed by atoms with Crippen molar-refractivity contribution in [3.63, 3.8) is 0 Å². The molecule has 3 N–H and O–H groups in total. The summed E-state index contributed by atoms with van der Waals surface area (Å²) >= 11 is 1.12. The molecule has 0 saturated carbocycles. The first-order valence-corrected chi connectivity index (χ1v) is 7.02. The summed E-state index contributed by atoms with van der Waals surface area (Å²) in [6, 6.07) is 8.07. The molecular formula is C9H10N4O2S2. The number of aromatic nitrogens is 2. The molecule has 0 unspecified atom stereocenters. The van der Waals surface area contributed by atoms with Gasteiger partial charge in [-0.3, -0.25) is 4.72 Å². The lowest BCUT2D eigenvalue weighted by Crippen LogP contribution is -2.12. The van der Waals surface area contributed by atoms with E-state index in [0.29, 0.717) is 5.01 Å². The molecule has 2 rings (SSSR count). The number of nitrogens with one attached hydrogen (secondary N) is 1. The molecule has 1 aromatic carbocycles. The molecule has 0 aliphatic heterocycles. The van der Waals surface area contributed by atoms with E-state index in [2.05, 4.69) is 14.9 Å². The highest BCUT2D eigenvalue weighted by Crippen LogP contribution is 2.19. The van der Waals surface area contributed by atoms with Gasteiger partial charge in [-0.2, -0.15) is 0 Å². The summed E-state index contributed by atoms with van der Waals surface area (Å²) in [6.45, 7) is 0.241. The second kappa shape index (κ2) is 4.78. The van der Waals surface area contributed by atoms with E-state index < -0.39 is 10.0 Å². The zero-order valence-electron chi connectivity index (χ0n) is 8.70. The van der Waals surface area contributed by atoms with Gasteiger partial charge >= 0.3 is 0 Å². The van der Waals surface area contributed by atoms with Crippen LogP contribution in [0.5, 0.6) is 0 Å². The number of anilines is 1. The minimum absolute atomic E-state index is 0.185. The zero-order valence-corrected chi connectivity index (χ0v) is 10.3. The minimum atomic E-state index is -3.59. The first-order chi connectivity index (χ1) is 8.12. The summed E-state index contributed by atoms with van der Waals surface area (Å²) in [5, 5.41) is 8.22. The lowest BCUT2D eigenvalue weighted by molar-refractivity contribution is 0.601. The molecule has 0 saturated heterocycles. The van der Waals surface area contributed by atoms with Crippen LogP contribution in [0.1, 0.15) is 5.01 Å². The highest BCUT2D eigenvalue weighted by Gasteiger charge is 2.15. The Bertz CT molecular complexity index is 594. The van der Waals surface area contributed by atoms with Crippen LogP contribution < -0.4 is 10.5 Å². The molecule has 8 heteroatoms. The Balaban J connectivity index is 2.24. The van der Waals surface area contributed by atoms with Gasteiger partial charge in [0, 0.05) is 6.54 Å². The Morgan fingerprint density at radius 3 is 2.53 bits per heavy atom. The van der Waals surface area contributed by atoms with Crippen molar-refractivity contribution < 1.29 is 8.42 Å². The van der Waals surface area contributed by atoms with Crippen molar-refractivity contribution in [3.05, 3.63) is 35.3 Å². The van der Waals surface area contributed by atoms with Gasteiger partial charge in [-0.05, 0) is 12.1 Å². The largest absolute Gasteiger partial charge is 0.324 e. The molecule has 0 fully saturated rings. The predicted octanol–water partition coefficient (Wildman–Crippen LogP) is 0.798. The number of hydrogen-bond acceptors (Lipinski definition) is 6. The van der Waals surface area contributed by atoms with E-state index in [0.717, 1.165) is 11.3 Å². The van der Waals surface area contributed by atoms with Gasteiger partial charge in [-0.25, -0.2) is 8.42 Å². The van der Waals surface area contributed by atoms with Crippen LogP contribution in [-0.2, 0) is 16.6 Å². The average molecular weight is 270 g/mol. The normalized spacial score (nSPS) is 11.4. The zero-order chi connectivity index (χ0) is 12.3. The fourth-order valence-electron chi connectivity index (χ4n) is 1.15. The van der Waals surface area contributed by atoms with E-state index in [-0.39, 0.29) is 16.6 Å². The fourth-order valence-corrected chi connectivity index (χ4v) is 3.02. The van der Waals surface area contributed by atoms with E-state index in [1.807, 2.05) is 0 Å². The molecule has 2 aromatic rings. The maximum absolute atomic E-state index is 11.9. The number of hydrogen-bond donors (Lipinski definition) is 2. The summed E-state index contributed by atoms with van der Waals surface area (Å²) in [5.74, 6) is 0. The Hall–Kier alpha value is -1.51. The maximum atomic E-state index is 11.9. The first-order valence-electron chi connectivity index (χ1n) is 4.72. The monoisotopic (exact) mass is 270 g/mol. The molecule has 17 heavy (non-hydrogen) atoms. The van der Waals surface area contributed by atoms with Gasteiger partial charge in [-0.1, -0.05) is 29.5 Å². The van der Waals surface area contributed by atoms with Crippen LogP contribution >= 0.6 is 11.3 Å². The predicted molar refractivity (Wildman–Crippen MR) is 65.1 cm³/mol. The summed E-state index contributed by atoms with van der Waals surface area (Å²) in [7, 11) is -3.59. The second-order valence-electron chi connectivity index (χ2n) is 3.12. The van der Waals surface area contributed by atoms with E-state index in [9.17, 15) is 8.42 Å². The van der Waals surface area contributed by atoms with Gasteiger partial charge in [0.15, 0.2) is 0 Å². The average Bonchev–Trinajstić information content (AvgIpc) is 2.77. The Morgan fingerprint density at radius 2 is 1.94 bits per heavy atom. The van der Waals surface area contributed by atoms with E-state index in [1.165, 1.54) is 12.1 Å². The van der Waals surface area contributed by atoms with E-state index in [1.54, 1.807) is 18.2 Å². The summed E-state index contributed by atoms with van der Waals surface area (Å²) in [6.07, 6.45) is 0. The number of nitrogens with two attached hydrogens (primary N) is 1. The van der Waals surface area contributed by atoms with E-state index >= 15 is 0 Å². The Kier molecular flexibility index (Phi) is 3.36. The summed E-state index contributed by atoms with van der Waals surface area (Å²) in [4.78, 5) is 0.185. The van der Waals surface area contributed by atoms with E-state index in [4.69, 9.17) is 5.73 Å². The van der Waals surface area contributed by atoms with Crippen LogP contribution in [0.25, 0.3) is 0 Å². The van der Waals surface area contributed by atoms with Crippen molar-refractivity contribution in [1.82, 2.24) is 10.2 Å². The first kappa shape index (κ1) is 12.0. The third kappa shape index (κ3) is 2.78. The molecule has 1 aromatic heterocycles. The van der Waals surface area contributed by atoms with Crippen molar-refractivity contribution in [3.8, 4) is 0 Å². The molecule has 1 heterocycles. The van der Waals surface area contributed by atoms with Gasteiger partial charge in [0.25, 0.3) is 10.0 Å². The Labute approximate surface area is 103 Å². The molecule has 0 radical (unpaired) electrons. The molecule has 0 atom stereocenters. The fraction of sp³-hybridized carbons (Fsp3) is 0.111. The lowest BCUT2D eigenvalue weighted by Gasteiger charge is -2.03. The van der Waals surface area contributed by atoms with Crippen LogP contribution in [-0.4, -0.2) is 18.6 Å². The van der Waals surface area contributed by atoms with Gasteiger partial charge in [0.2, 0.25) is 5.13 Å². The summed E-state index contributed by atoms with van der Waals surface area (Å²) < 4.78 is 26.1. The Morgan fingerprint density at radius 1 is 1.24 bits per heavy atom.